The van der Waals surface area contributed by atoms with Crippen molar-refractivity contribution in [3.05, 3.63) is 16.8 Å². The van der Waals surface area contributed by atoms with Gasteiger partial charge in [0.25, 0.3) is 11.8 Å². The highest BCUT2D eigenvalue weighted by Gasteiger charge is 2.18. The van der Waals surface area contributed by atoms with E-state index in [-0.39, 0.29) is 16.5 Å². The van der Waals surface area contributed by atoms with Gasteiger partial charge in [-0.05, 0) is 6.92 Å². The summed E-state index contributed by atoms with van der Waals surface area (Å²) in [4.78, 5) is 14.6. The number of aromatic hydroxyl groups is 1. The van der Waals surface area contributed by atoms with Crippen LogP contribution in [-0.4, -0.2) is 22.6 Å². The molecule has 1 heterocycles. The Balaban J connectivity index is 3.26. The van der Waals surface area contributed by atoms with Crippen LogP contribution in [0, 0.1) is 0 Å². The first kappa shape index (κ1) is 10.6. The molecule has 6 heteroatoms. The summed E-state index contributed by atoms with van der Waals surface area (Å²) in [6, 6.07) is 0. The van der Waals surface area contributed by atoms with Gasteiger partial charge in [0.1, 0.15) is 5.56 Å². The van der Waals surface area contributed by atoms with Crippen LogP contribution in [0.25, 0.3) is 0 Å². The van der Waals surface area contributed by atoms with Gasteiger partial charge in [-0.25, -0.2) is 4.98 Å². The lowest BCUT2D eigenvalue weighted by molar-refractivity contribution is 0.0997. The molecule has 3 N–H and O–H groups in total. The maximum Gasteiger partial charge on any atom is 0.257 e. The number of rotatable bonds is 3. The van der Waals surface area contributed by atoms with Gasteiger partial charge in [-0.2, -0.15) is 0 Å². The molecule has 76 valence electrons. The highest BCUT2D eigenvalue weighted by atomic mass is 35.5. The van der Waals surface area contributed by atoms with Crippen LogP contribution in [0.3, 0.4) is 0 Å². The van der Waals surface area contributed by atoms with Crippen LogP contribution < -0.4 is 10.5 Å². The van der Waals surface area contributed by atoms with Crippen LogP contribution in [0.5, 0.6) is 11.6 Å². The first-order valence-electron chi connectivity index (χ1n) is 3.88. The van der Waals surface area contributed by atoms with Crippen LogP contribution in [-0.2, 0) is 0 Å². The number of ether oxygens (including phenoxy) is 1. The van der Waals surface area contributed by atoms with Crippen LogP contribution in [0.4, 0.5) is 0 Å². The predicted octanol–water partition coefficient (Wildman–Crippen LogP) is 0.938. The van der Waals surface area contributed by atoms with E-state index in [9.17, 15) is 9.90 Å². The molecule has 0 aromatic carbocycles. The highest BCUT2D eigenvalue weighted by Crippen LogP contribution is 2.32. The van der Waals surface area contributed by atoms with E-state index in [1.807, 2.05) is 0 Å². The molecule has 0 aliphatic heterocycles. The van der Waals surface area contributed by atoms with Gasteiger partial charge in [0.2, 0.25) is 0 Å². The number of aromatic nitrogens is 1. The van der Waals surface area contributed by atoms with Crippen LogP contribution in [0.2, 0.25) is 5.02 Å². The Morgan fingerprint density at radius 3 is 2.93 bits per heavy atom. The SMILES string of the molecule is CCOc1ncc(Cl)c(C(N)=O)c1O. The molecule has 5 nitrogen and oxygen atoms in total. The van der Waals surface area contributed by atoms with E-state index in [4.69, 9.17) is 22.1 Å². The number of primary amides is 1. The number of amides is 1. The molecular weight excluding hydrogens is 208 g/mol. The summed E-state index contributed by atoms with van der Waals surface area (Å²) in [7, 11) is 0. The smallest absolute Gasteiger partial charge is 0.257 e. The van der Waals surface area contributed by atoms with E-state index in [2.05, 4.69) is 4.98 Å². The summed E-state index contributed by atoms with van der Waals surface area (Å²) in [5.41, 5.74) is 4.84. The van der Waals surface area contributed by atoms with E-state index >= 15 is 0 Å². The number of hydrogen-bond donors (Lipinski definition) is 2. The first-order chi connectivity index (χ1) is 6.57. The molecular formula is C8H9ClN2O3. The first-order valence-corrected chi connectivity index (χ1v) is 4.25. The van der Waals surface area contributed by atoms with Crippen molar-refractivity contribution in [2.75, 3.05) is 6.61 Å². The second-order valence-electron chi connectivity index (χ2n) is 2.43. The summed E-state index contributed by atoms with van der Waals surface area (Å²) in [5, 5.41) is 9.50. The number of carbonyl (C=O) groups is 1. The zero-order valence-electron chi connectivity index (χ0n) is 7.45. The third-order valence-electron chi connectivity index (χ3n) is 1.50. The third kappa shape index (κ3) is 1.88. The van der Waals surface area contributed by atoms with E-state index in [0.29, 0.717) is 6.61 Å². The standard InChI is InChI=1S/C8H9ClN2O3/c1-2-14-8-6(12)5(7(10)13)4(9)3-11-8/h3,12H,2H2,1H3,(H2,10,13). The lowest BCUT2D eigenvalue weighted by Gasteiger charge is -2.07. The maximum atomic E-state index is 10.9. The van der Waals surface area contributed by atoms with E-state index in [1.165, 1.54) is 6.20 Å². The summed E-state index contributed by atoms with van der Waals surface area (Å²) in [6.07, 6.45) is 1.20. The molecule has 0 bridgehead atoms. The zero-order chi connectivity index (χ0) is 10.7. The highest BCUT2D eigenvalue weighted by molar-refractivity contribution is 6.34. The maximum absolute atomic E-state index is 10.9. The Morgan fingerprint density at radius 2 is 2.43 bits per heavy atom. The average Bonchev–Trinajstić information content (AvgIpc) is 2.10. The topological polar surface area (TPSA) is 85.4 Å². The van der Waals surface area contributed by atoms with Gasteiger partial charge in [-0.3, -0.25) is 4.79 Å². The molecule has 0 spiro atoms. The minimum atomic E-state index is -0.823. The lowest BCUT2D eigenvalue weighted by atomic mass is 10.2. The zero-order valence-corrected chi connectivity index (χ0v) is 8.21. The fraction of sp³-hybridized carbons (Fsp3) is 0.250. The second kappa shape index (κ2) is 4.15. The molecule has 0 aliphatic carbocycles. The minimum absolute atomic E-state index is 0.00143. The molecule has 0 aliphatic rings. The number of carbonyl (C=O) groups excluding carboxylic acids is 1. The van der Waals surface area contributed by atoms with Crippen molar-refractivity contribution in [3.8, 4) is 11.6 Å². The quantitative estimate of drug-likeness (QED) is 0.787. The van der Waals surface area contributed by atoms with Gasteiger partial charge in [-0.15, -0.1) is 0 Å². The molecule has 1 aromatic heterocycles. The molecule has 0 atom stereocenters. The molecule has 0 radical (unpaired) electrons. The lowest BCUT2D eigenvalue weighted by Crippen LogP contribution is -2.13. The van der Waals surface area contributed by atoms with E-state index < -0.39 is 11.7 Å². The van der Waals surface area contributed by atoms with Crippen molar-refractivity contribution in [2.24, 2.45) is 5.73 Å². The van der Waals surface area contributed by atoms with Crippen LogP contribution in [0.15, 0.2) is 6.20 Å². The Kier molecular flexibility index (Phi) is 3.14. The van der Waals surface area contributed by atoms with Gasteiger partial charge < -0.3 is 15.6 Å². The number of nitrogens with zero attached hydrogens (tertiary/aromatic N) is 1. The number of hydrogen-bond acceptors (Lipinski definition) is 4. The normalized spacial score (nSPS) is 9.86. The van der Waals surface area contributed by atoms with E-state index in [1.54, 1.807) is 6.92 Å². The largest absolute Gasteiger partial charge is 0.503 e. The molecule has 0 fully saturated rings. The van der Waals surface area contributed by atoms with Gasteiger partial charge in [-0.1, -0.05) is 11.6 Å². The summed E-state index contributed by atoms with van der Waals surface area (Å²) in [5.74, 6) is -1.30. The summed E-state index contributed by atoms with van der Waals surface area (Å²) < 4.78 is 4.95. The van der Waals surface area contributed by atoms with Crippen molar-refractivity contribution in [2.45, 2.75) is 6.92 Å². The molecule has 14 heavy (non-hydrogen) atoms. The Labute approximate surface area is 85.5 Å². The fourth-order valence-electron chi connectivity index (χ4n) is 0.938. The Hall–Kier alpha value is -1.49. The van der Waals surface area contributed by atoms with Crippen molar-refractivity contribution in [1.82, 2.24) is 4.98 Å². The average molecular weight is 217 g/mol. The molecule has 1 rings (SSSR count). The number of nitrogens with two attached hydrogens (primary N) is 1. The van der Waals surface area contributed by atoms with Crippen LogP contribution >= 0.6 is 11.6 Å². The number of halogens is 1. The monoisotopic (exact) mass is 216 g/mol. The number of pyridine rings is 1. The Bertz CT molecular complexity index is 368. The molecule has 0 saturated heterocycles. The molecule has 0 unspecified atom stereocenters. The van der Waals surface area contributed by atoms with Gasteiger partial charge >= 0.3 is 0 Å². The van der Waals surface area contributed by atoms with Crippen molar-refractivity contribution in [1.29, 1.82) is 0 Å². The molecule has 0 saturated carbocycles. The van der Waals surface area contributed by atoms with Gasteiger partial charge in [0.15, 0.2) is 5.75 Å². The predicted molar refractivity (Wildman–Crippen MR) is 50.6 cm³/mol. The molecule has 1 aromatic rings. The molecule has 1 amide bonds. The fourth-order valence-corrected chi connectivity index (χ4v) is 1.17. The van der Waals surface area contributed by atoms with E-state index in [0.717, 1.165) is 0 Å². The van der Waals surface area contributed by atoms with Gasteiger partial charge in [0.05, 0.1) is 17.8 Å². The van der Waals surface area contributed by atoms with Crippen LogP contribution in [0.1, 0.15) is 17.3 Å². The summed E-state index contributed by atoms with van der Waals surface area (Å²) in [6.45, 7) is 2.04. The summed E-state index contributed by atoms with van der Waals surface area (Å²) >= 11 is 5.62. The minimum Gasteiger partial charge on any atom is -0.503 e. The van der Waals surface area contributed by atoms with Crippen molar-refractivity contribution in [3.63, 3.8) is 0 Å². The van der Waals surface area contributed by atoms with Gasteiger partial charge in [0, 0.05) is 0 Å². The second-order valence-corrected chi connectivity index (χ2v) is 2.84. The Morgan fingerprint density at radius 1 is 1.79 bits per heavy atom. The van der Waals surface area contributed by atoms with Crippen molar-refractivity contribution < 1.29 is 14.6 Å². The third-order valence-corrected chi connectivity index (χ3v) is 1.79. The van der Waals surface area contributed by atoms with Crippen molar-refractivity contribution >= 4 is 17.5 Å².